The Hall–Kier alpha value is -2.08. The first-order chi connectivity index (χ1) is 13.0. The number of likely N-dealkylation sites (tertiary alicyclic amines) is 1. The van der Waals surface area contributed by atoms with Crippen molar-refractivity contribution in [3.63, 3.8) is 0 Å². The molecule has 0 radical (unpaired) electrons. The van der Waals surface area contributed by atoms with E-state index in [9.17, 15) is 4.79 Å². The van der Waals surface area contributed by atoms with Gasteiger partial charge in [-0.2, -0.15) is 0 Å². The fraction of sp³-hybridized carbons (Fsp3) is 0.619. The van der Waals surface area contributed by atoms with Gasteiger partial charge in [0.25, 0.3) is 0 Å². The van der Waals surface area contributed by atoms with Gasteiger partial charge in [-0.3, -0.25) is 9.79 Å². The van der Waals surface area contributed by atoms with Crippen molar-refractivity contribution in [2.45, 2.75) is 31.7 Å². The molecular formula is C21H35N5O. The third-order valence-electron chi connectivity index (χ3n) is 5.42. The molecule has 0 saturated carbocycles. The van der Waals surface area contributed by atoms with Crippen LogP contribution >= 0.6 is 0 Å². The normalized spacial score (nSPS) is 17.1. The van der Waals surface area contributed by atoms with Gasteiger partial charge in [0.05, 0.1) is 0 Å². The fourth-order valence-corrected chi connectivity index (χ4v) is 3.58. The molecule has 0 bridgehead atoms. The van der Waals surface area contributed by atoms with E-state index in [1.807, 2.05) is 7.05 Å². The predicted octanol–water partition coefficient (Wildman–Crippen LogP) is 1.58. The Morgan fingerprint density at radius 3 is 2.48 bits per heavy atom. The molecule has 1 atom stereocenters. The molecule has 1 aromatic carbocycles. The van der Waals surface area contributed by atoms with Crippen molar-refractivity contribution < 1.29 is 4.79 Å². The van der Waals surface area contributed by atoms with Gasteiger partial charge in [0.2, 0.25) is 5.91 Å². The minimum atomic E-state index is 0.144. The van der Waals surface area contributed by atoms with E-state index in [1.54, 1.807) is 7.05 Å². The summed E-state index contributed by atoms with van der Waals surface area (Å²) in [6.07, 6.45) is 3.71. The van der Waals surface area contributed by atoms with Gasteiger partial charge in [0.15, 0.2) is 5.96 Å². The second-order valence-corrected chi connectivity index (χ2v) is 7.54. The molecule has 1 fully saturated rings. The van der Waals surface area contributed by atoms with Crippen LogP contribution in [0.15, 0.2) is 35.3 Å². The Balaban J connectivity index is 1.84. The van der Waals surface area contributed by atoms with Crippen molar-refractivity contribution in [3.05, 3.63) is 35.9 Å². The quantitative estimate of drug-likeness (QED) is 0.563. The number of carbonyl (C=O) groups excluding carboxylic acids is 1. The van der Waals surface area contributed by atoms with Crippen molar-refractivity contribution in [1.82, 2.24) is 20.4 Å². The van der Waals surface area contributed by atoms with E-state index in [1.165, 1.54) is 5.56 Å². The zero-order valence-corrected chi connectivity index (χ0v) is 17.2. The van der Waals surface area contributed by atoms with Crippen LogP contribution in [0.3, 0.4) is 0 Å². The molecule has 0 spiro atoms. The summed E-state index contributed by atoms with van der Waals surface area (Å²) >= 11 is 0. The third kappa shape index (κ3) is 6.86. The van der Waals surface area contributed by atoms with Crippen LogP contribution in [0, 0.1) is 5.92 Å². The Kier molecular flexibility index (Phi) is 8.58. The number of amides is 1. The molecule has 1 amide bonds. The highest BCUT2D eigenvalue weighted by Gasteiger charge is 2.23. The number of hydrogen-bond acceptors (Lipinski definition) is 3. The molecule has 0 aromatic heterocycles. The highest BCUT2D eigenvalue weighted by molar-refractivity contribution is 5.80. The maximum absolute atomic E-state index is 11.6. The zero-order chi connectivity index (χ0) is 19.6. The molecule has 1 aromatic rings. The van der Waals surface area contributed by atoms with Crippen LogP contribution in [0.4, 0.5) is 0 Å². The maximum atomic E-state index is 11.6. The summed E-state index contributed by atoms with van der Waals surface area (Å²) < 4.78 is 0. The van der Waals surface area contributed by atoms with Gasteiger partial charge in [0.1, 0.15) is 0 Å². The average Bonchev–Trinajstić information content (AvgIpc) is 2.69. The zero-order valence-electron chi connectivity index (χ0n) is 17.2. The van der Waals surface area contributed by atoms with Crippen molar-refractivity contribution in [1.29, 1.82) is 0 Å². The molecule has 1 unspecified atom stereocenters. The molecule has 1 aliphatic heterocycles. The Morgan fingerprint density at radius 1 is 1.26 bits per heavy atom. The van der Waals surface area contributed by atoms with Crippen molar-refractivity contribution >= 4 is 11.9 Å². The van der Waals surface area contributed by atoms with Crippen LogP contribution in [-0.4, -0.2) is 75.5 Å². The summed E-state index contributed by atoms with van der Waals surface area (Å²) in [5, 5.41) is 6.29. The van der Waals surface area contributed by atoms with E-state index < -0.39 is 0 Å². The van der Waals surface area contributed by atoms with Crippen LogP contribution in [0.2, 0.25) is 0 Å². The molecule has 1 aliphatic rings. The molecule has 6 nitrogen and oxygen atoms in total. The maximum Gasteiger partial charge on any atom is 0.220 e. The smallest absolute Gasteiger partial charge is 0.220 e. The first-order valence-corrected chi connectivity index (χ1v) is 9.90. The monoisotopic (exact) mass is 373 g/mol. The Bertz CT molecular complexity index is 594. The van der Waals surface area contributed by atoms with Crippen LogP contribution < -0.4 is 10.6 Å². The molecule has 27 heavy (non-hydrogen) atoms. The number of likely N-dealkylation sites (N-methyl/N-ethyl adjacent to an activating group) is 1. The highest BCUT2D eigenvalue weighted by atomic mass is 16.1. The lowest BCUT2D eigenvalue weighted by molar-refractivity contribution is -0.121. The largest absolute Gasteiger partial charge is 0.359 e. The topological polar surface area (TPSA) is 60.0 Å². The molecular weight excluding hydrogens is 338 g/mol. The molecule has 1 heterocycles. The van der Waals surface area contributed by atoms with E-state index >= 15 is 0 Å². The molecule has 150 valence electrons. The number of rotatable bonds is 7. The van der Waals surface area contributed by atoms with Gasteiger partial charge >= 0.3 is 0 Å². The summed E-state index contributed by atoms with van der Waals surface area (Å²) in [6.45, 7) is 2.76. The standard InChI is InChI=1S/C21H35N5O/c1-22-20(27)15-18-10-12-26(13-11-18)21(23-2)24-16-19(25(3)4)14-17-8-6-5-7-9-17/h5-9,18-19H,10-16H2,1-4H3,(H,22,27)(H,23,24). The summed E-state index contributed by atoms with van der Waals surface area (Å²) in [4.78, 5) is 20.6. The van der Waals surface area contributed by atoms with Gasteiger partial charge < -0.3 is 20.4 Å². The SMILES string of the molecule is CN=C(NCC(Cc1ccccc1)N(C)C)N1CCC(CC(=O)NC)CC1. The van der Waals surface area contributed by atoms with E-state index in [0.717, 1.165) is 44.9 Å². The molecule has 6 heteroatoms. The minimum Gasteiger partial charge on any atom is -0.359 e. The number of carbonyl (C=O) groups is 1. The van der Waals surface area contributed by atoms with Crippen LogP contribution in [-0.2, 0) is 11.2 Å². The molecule has 2 N–H and O–H groups in total. The van der Waals surface area contributed by atoms with E-state index in [4.69, 9.17) is 0 Å². The Labute approximate surface area is 164 Å². The number of nitrogens with zero attached hydrogens (tertiary/aromatic N) is 3. The lowest BCUT2D eigenvalue weighted by atomic mass is 9.93. The summed E-state index contributed by atoms with van der Waals surface area (Å²) in [7, 11) is 7.81. The average molecular weight is 374 g/mol. The van der Waals surface area contributed by atoms with Crippen molar-refractivity contribution in [3.8, 4) is 0 Å². The lowest BCUT2D eigenvalue weighted by Crippen LogP contribution is -2.50. The first kappa shape index (κ1) is 21.2. The van der Waals surface area contributed by atoms with Crippen LogP contribution in [0.1, 0.15) is 24.8 Å². The van der Waals surface area contributed by atoms with Crippen molar-refractivity contribution in [2.24, 2.45) is 10.9 Å². The predicted molar refractivity (Wildman–Crippen MR) is 112 cm³/mol. The van der Waals surface area contributed by atoms with E-state index in [0.29, 0.717) is 18.4 Å². The molecule has 2 rings (SSSR count). The van der Waals surface area contributed by atoms with Gasteiger partial charge in [-0.05, 0) is 44.8 Å². The van der Waals surface area contributed by atoms with Gasteiger partial charge in [0, 0.05) is 46.2 Å². The third-order valence-corrected chi connectivity index (χ3v) is 5.42. The number of nitrogens with one attached hydrogen (secondary N) is 2. The lowest BCUT2D eigenvalue weighted by Gasteiger charge is -2.35. The molecule has 0 aliphatic carbocycles. The van der Waals surface area contributed by atoms with E-state index in [-0.39, 0.29) is 5.91 Å². The fourth-order valence-electron chi connectivity index (χ4n) is 3.58. The number of hydrogen-bond donors (Lipinski definition) is 2. The number of guanidine groups is 1. The van der Waals surface area contributed by atoms with Gasteiger partial charge in [-0.25, -0.2) is 0 Å². The second kappa shape index (κ2) is 10.9. The number of aliphatic imine (C=N–C) groups is 1. The van der Waals surface area contributed by atoms with Crippen molar-refractivity contribution in [2.75, 3.05) is 47.8 Å². The summed E-state index contributed by atoms with van der Waals surface area (Å²) in [5.74, 6) is 1.59. The van der Waals surface area contributed by atoms with Gasteiger partial charge in [-0.15, -0.1) is 0 Å². The Morgan fingerprint density at radius 2 is 1.93 bits per heavy atom. The van der Waals surface area contributed by atoms with Crippen LogP contribution in [0.25, 0.3) is 0 Å². The summed E-state index contributed by atoms with van der Waals surface area (Å²) in [6, 6.07) is 11.0. The highest BCUT2D eigenvalue weighted by Crippen LogP contribution is 2.20. The molecule has 1 saturated heterocycles. The minimum absolute atomic E-state index is 0.144. The van der Waals surface area contributed by atoms with Crippen LogP contribution in [0.5, 0.6) is 0 Å². The first-order valence-electron chi connectivity index (χ1n) is 9.90. The second-order valence-electron chi connectivity index (χ2n) is 7.54. The number of piperidine rings is 1. The summed E-state index contributed by atoms with van der Waals surface area (Å²) in [5.41, 5.74) is 1.35. The number of benzene rings is 1. The van der Waals surface area contributed by atoms with E-state index in [2.05, 4.69) is 69.9 Å². The van der Waals surface area contributed by atoms with Gasteiger partial charge in [-0.1, -0.05) is 30.3 Å².